The van der Waals surface area contributed by atoms with Crippen molar-refractivity contribution in [3.05, 3.63) is 106 Å². The van der Waals surface area contributed by atoms with Crippen LogP contribution in [-0.2, 0) is 19.5 Å². The first-order chi connectivity index (χ1) is 20.4. The number of rotatable bonds is 11. The molecular weight excluding hydrogens is 558 g/mol. The first-order valence-corrected chi connectivity index (χ1v) is 14.7. The Hall–Kier alpha value is -4.02. The second-order valence-electron chi connectivity index (χ2n) is 10.1. The summed E-state index contributed by atoms with van der Waals surface area (Å²) in [5, 5.41) is 2.57. The summed E-state index contributed by atoms with van der Waals surface area (Å²) in [4.78, 5) is 23.8. The summed E-state index contributed by atoms with van der Waals surface area (Å²) in [5.41, 5.74) is 2.63. The molecule has 0 saturated carbocycles. The fraction of sp³-hybridized carbons (Fsp3) is 0.312. The zero-order valence-electron chi connectivity index (χ0n) is 23.8. The third kappa shape index (κ3) is 7.06. The Morgan fingerprint density at radius 1 is 0.905 bits per heavy atom. The van der Waals surface area contributed by atoms with Crippen LogP contribution in [0.1, 0.15) is 26.6 Å². The number of hydrogen-bond acceptors (Lipinski definition) is 7. The minimum absolute atomic E-state index is 0.128. The van der Waals surface area contributed by atoms with Gasteiger partial charge in [-0.3, -0.25) is 9.69 Å². The largest absolute Gasteiger partial charge is 0.493 e. The summed E-state index contributed by atoms with van der Waals surface area (Å²) in [5.74, 6) is 0.689. The van der Waals surface area contributed by atoms with E-state index in [-0.39, 0.29) is 17.5 Å². The third-order valence-electron chi connectivity index (χ3n) is 7.41. The molecule has 5 rings (SSSR count). The third-order valence-corrected chi connectivity index (χ3v) is 8.24. The molecule has 1 aliphatic heterocycles. The van der Waals surface area contributed by atoms with E-state index in [0.717, 1.165) is 10.6 Å². The van der Waals surface area contributed by atoms with Gasteiger partial charge in [0.25, 0.3) is 5.91 Å². The van der Waals surface area contributed by atoms with Gasteiger partial charge >= 0.3 is 0 Å². The zero-order valence-corrected chi connectivity index (χ0v) is 24.6. The van der Waals surface area contributed by atoms with Gasteiger partial charge in [0.2, 0.25) is 0 Å². The topological polar surface area (TPSA) is 58.1 Å². The maximum Gasteiger partial charge on any atom is 0.273 e. The second kappa shape index (κ2) is 13.8. The Morgan fingerprint density at radius 2 is 1.62 bits per heavy atom. The van der Waals surface area contributed by atoms with Crippen molar-refractivity contribution in [2.24, 2.45) is 0 Å². The van der Waals surface area contributed by atoms with Crippen LogP contribution in [0.3, 0.4) is 0 Å². The first kappa shape index (κ1) is 29.5. The van der Waals surface area contributed by atoms with Crippen LogP contribution in [0.5, 0.6) is 11.5 Å². The van der Waals surface area contributed by atoms with Crippen molar-refractivity contribution in [1.82, 2.24) is 14.8 Å². The van der Waals surface area contributed by atoms with Crippen molar-refractivity contribution in [3.8, 4) is 11.5 Å². The van der Waals surface area contributed by atoms with Crippen LogP contribution in [0.25, 0.3) is 0 Å². The van der Waals surface area contributed by atoms with Crippen molar-refractivity contribution in [2.45, 2.75) is 19.5 Å². The highest BCUT2D eigenvalue weighted by Gasteiger charge is 2.25. The molecular formula is C32H34F2N4O3S. The maximum absolute atomic E-state index is 14.6. The van der Waals surface area contributed by atoms with Gasteiger partial charge in [-0.1, -0.05) is 36.4 Å². The molecule has 42 heavy (non-hydrogen) atoms. The molecule has 0 atom stereocenters. The highest BCUT2D eigenvalue weighted by molar-refractivity contribution is 7.09. The van der Waals surface area contributed by atoms with Crippen LogP contribution in [0.4, 0.5) is 14.5 Å². The number of anilines is 1. The summed E-state index contributed by atoms with van der Waals surface area (Å²) in [6.07, 6.45) is 0.707. The van der Waals surface area contributed by atoms with Gasteiger partial charge in [-0.15, -0.1) is 11.3 Å². The van der Waals surface area contributed by atoms with E-state index < -0.39 is 0 Å². The molecule has 7 nitrogen and oxygen atoms in total. The van der Waals surface area contributed by atoms with Crippen LogP contribution in [0, 0.1) is 11.6 Å². The number of amides is 1. The number of carbonyl (C=O) groups excluding carboxylic acids is 1. The van der Waals surface area contributed by atoms with Gasteiger partial charge in [-0.05, 0) is 42.3 Å². The Labute approximate surface area is 248 Å². The Morgan fingerprint density at radius 3 is 2.33 bits per heavy atom. The Kier molecular flexibility index (Phi) is 9.66. The number of piperazine rings is 1. The van der Waals surface area contributed by atoms with Crippen LogP contribution in [0.2, 0.25) is 0 Å². The first-order valence-electron chi connectivity index (χ1n) is 13.8. The molecule has 0 unspecified atom stereocenters. The number of halogens is 2. The van der Waals surface area contributed by atoms with E-state index in [1.807, 2.05) is 35.2 Å². The maximum atomic E-state index is 14.6. The fourth-order valence-corrected chi connectivity index (χ4v) is 5.91. The van der Waals surface area contributed by atoms with Crippen LogP contribution in [-0.4, -0.2) is 67.6 Å². The molecule has 3 aromatic carbocycles. The highest BCUT2D eigenvalue weighted by atomic mass is 32.1. The molecule has 220 valence electrons. The molecule has 1 saturated heterocycles. The van der Waals surface area contributed by atoms with Crippen LogP contribution < -0.4 is 14.4 Å². The van der Waals surface area contributed by atoms with E-state index in [4.69, 9.17) is 9.47 Å². The fourth-order valence-electron chi connectivity index (χ4n) is 5.10. The lowest BCUT2D eigenvalue weighted by Crippen LogP contribution is -2.49. The minimum atomic E-state index is -0.257. The van der Waals surface area contributed by atoms with E-state index in [0.29, 0.717) is 80.7 Å². The van der Waals surface area contributed by atoms with E-state index in [1.54, 1.807) is 48.8 Å². The van der Waals surface area contributed by atoms with E-state index in [2.05, 4.69) is 9.88 Å². The monoisotopic (exact) mass is 592 g/mol. The zero-order chi connectivity index (χ0) is 29.5. The number of nitrogens with zero attached hydrogens (tertiary/aromatic N) is 4. The van der Waals surface area contributed by atoms with Gasteiger partial charge in [0, 0.05) is 50.2 Å². The molecule has 0 spiro atoms. The number of ether oxygens (including phenoxy) is 2. The van der Waals surface area contributed by atoms with Gasteiger partial charge < -0.3 is 19.3 Å². The number of para-hydroxylation sites is 1. The molecule has 0 N–H and O–H groups in total. The lowest BCUT2D eigenvalue weighted by molar-refractivity contribution is 0.0741. The second-order valence-corrected chi connectivity index (χ2v) is 11.0. The van der Waals surface area contributed by atoms with Gasteiger partial charge in [0.1, 0.15) is 22.3 Å². The lowest BCUT2D eigenvalue weighted by atomic mass is 10.1. The number of thiazole rings is 1. The van der Waals surface area contributed by atoms with Gasteiger partial charge in [0.05, 0.1) is 26.5 Å². The number of aromatic nitrogens is 1. The SMILES string of the molecule is COc1ccc(CCN(Cc2nc(C(=O)N3CCN(c4ccccc4F)CC3)cs2)Cc2ccccc2F)cc1OC. The van der Waals surface area contributed by atoms with Crippen molar-refractivity contribution in [3.63, 3.8) is 0 Å². The van der Waals surface area contributed by atoms with E-state index in [9.17, 15) is 13.6 Å². The normalized spacial score (nSPS) is 13.5. The molecule has 0 aliphatic carbocycles. The molecule has 1 fully saturated rings. The van der Waals surface area contributed by atoms with Crippen molar-refractivity contribution >= 4 is 22.9 Å². The average Bonchev–Trinajstić information content (AvgIpc) is 3.49. The number of methoxy groups -OCH3 is 2. The predicted octanol–water partition coefficient (Wildman–Crippen LogP) is 5.65. The van der Waals surface area contributed by atoms with Gasteiger partial charge in [-0.25, -0.2) is 13.8 Å². The van der Waals surface area contributed by atoms with Crippen LogP contribution >= 0.6 is 11.3 Å². The van der Waals surface area contributed by atoms with Crippen molar-refractivity contribution in [1.29, 1.82) is 0 Å². The van der Waals surface area contributed by atoms with Crippen molar-refractivity contribution in [2.75, 3.05) is 51.8 Å². The van der Waals surface area contributed by atoms with Crippen molar-refractivity contribution < 1.29 is 23.0 Å². The summed E-state index contributed by atoms with van der Waals surface area (Å²) in [6.45, 7) is 3.61. The number of hydrogen-bond donors (Lipinski definition) is 0. The van der Waals surface area contributed by atoms with Gasteiger partial charge in [0.15, 0.2) is 11.5 Å². The molecule has 0 bridgehead atoms. The molecule has 0 radical (unpaired) electrons. The standard InChI is InChI=1S/C32H34F2N4O3S/c1-40-29-12-11-23(19-30(29)41-2)13-14-36(20-24-7-3-4-8-25(24)33)21-31-35-27(22-42-31)32(39)38-17-15-37(16-18-38)28-10-6-5-9-26(28)34/h3-12,19,22H,13-18,20-21H2,1-2H3. The summed E-state index contributed by atoms with van der Waals surface area (Å²) < 4.78 is 39.6. The van der Waals surface area contributed by atoms with E-state index >= 15 is 0 Å². The Bertz CT molecular complexity index is 1510. The Balaban J connectivity index is 1.24. The molecule has 2 heterocycles. The molecule has 1 amide bonds. The summed E-state index contributed by atoms with van der Waals surface area (Å²) in [7, 11) is 3.21. The molecule has 4 aromatic rings. The minimum Gasteiger partial charge on any atom is -0.493 e. The molecule has 1 aliphatic rings. The van der Waals surface area contributed by atoms with E-state index in [1.165, 1.54) is 23.5 Å². The molecule has 1 aromatic heterocycles. The summed E-state index contributed by atoms with van der Waals surface area (Å²) in [6, 6.07) is 19.3. The predicted molar refractivity (Wildman–Crippen MR) is 160 cm³/mol. The quantitative estimate of drug-likeness (QED) is 0.225. The lowest BCUT2D eigenvalue weighted by Gasteiger charge is -2.35. The van der Waals surface area contributed by atoms with Gasteiger partial charge in [-0.2, -0.15) is 0 Å². The number of benzene rings is 3. The van der Waals surface area contributed by atoms with Crippen LogP contribution in [0.15, 0.2) is 72.1 Å². The highest BCUT2D eigenvalue weighted by Crippen LogP contribution is 2.28. The smallest absolute Gasteiger partial charge is 0.273 e. The molecule has 10 heteroatoms. The summed E-state index contributed by atoms with van der Waals surface area (Å²) >= 11 is 1.43. The number of carbonyl (C=O) groups is 1. The average molecular weight is 593 g/mol.